The SMILES string of the molecule is CN(O)NCO[C@H]1O[C@H](CO)[C@@H](O)[C@H](O[C@@H]2O[C@H](CO)[C@@H](O)[C@H](OC[C@@H]3O[C@H](CO)[C@@H](O)[C@H](O)[C@H]3O)[C@H]2O)[C@H]1O. The highest BCUT2D eigenvalue weighted by Gasteiger charge is 2.52. The molecule has 3 rings (SSSR count). The summed E-state index contributed by atoms with van der Waals surface area (Å²) >= 11 is 0. The largest absolute Gasteiger partial charge is 0.394 e. The van der Waals surface area contributed by atoms with Crippen molar-refractivity contribution < 1.29 is 84.7 Å². The van der Waals surface area contributed by atoms with Crippen molar-refractivity contribution in [3.63, 3.8) is 0 Å². The summed E-state index contributed by atoms with van der Waals surface area (Å²) in [5, 5.41) is 111. The van der Waals surface area contributed by atoms with E-state index in [9.17, 15) is 51.1 Å². The molecule has 3 aliphatic rings. The summed E-state index contributed by atoms with van der Waals surface area (Å²) in [5.41, 5.74) is 2.34. The summed E-state index contributed by atoms with van der Waals surface area (Å²) in [6, 6.07) is 0. The van der Waals surface area contributed by atoms with Crippen LogP contribution < -0.4 is 5.43 Å². The second-order valence-electron chi connectivity index (χ2n) is 9.67. The van der Waals surface area contributed by atoms with Crippen molar-refractivity contribution in [1.82, 2.24) is 10.6 Å². The molecule has 3 saturated heterocycles. The maximum atomic E-state index is 10.9. The van der Waals surface area contributed by atoms with Gasteiger partial charge in [-0.3, -0.25) is 5.21 Å². The van der Waals surface area contributed by atoms with E-state index in [0.717, 1.165) is 0 Å². The average molecular weight is 593 g/mol. The van der Waals surface area contributed by atoms with Crippen molar-refractivity contribution in [3.8, 4) is 0 Å². The van der Waals surface area contributed by atoms with Crippen LogP contribution >= 0.6 is 0 Å². The molecule has 236 valence electrons. The predicted octanol–water partition coefficient (Wildman–Crippen LogP) is -7.72. The van der Waals surface area contributed by atoms with Gasteiger partial charge in [-0.05, 0) is 0 Å². The van der Waals surface area contributed by atoms with Gasteiger partial charge in [-0.1, -0.05) is 0 Å². The number of ether oxygens (including phenoxy) is 6. The second kappa shape index (κ2) is 15.1. The molecule has 0 aliphatic carbocycles. The topological polar surface area (TPSA) is 293 Å². The molecule has 0 aromatic carbocycles. The Bertz CT molecular complexity index is 754. The number of aliphatic hydroxyl groups is 10. The second-order valence-corrected chi connectivity index (χ2v) is 9.67. The van der Waals surface area contributed by atoms with E-state index in [2.05, 4.69) is 5.43 Å². The minimum absolute atomic E-state index is 0.370. The molecular weight excluding hydrogens is 552 g/mol. The first kappa shape index (κ1) is 33.7. The van der Waals surface area contributed by atoms with Crippen molar-refractivity contribution >= 4 is 0 Å². The molecule has 0 spiro atoms. The lowest BCUT2D eigenvalue weighted by Crippen LogP contribution is -2.65. The summed E-state index contributed by atoms with van der Waals surface area (Å²) in [6.45, 7) is -3.13. The molecule has 40 heavy (non-hydrogen) atoms. The van der Waals surface area contributed by atoms with Crippen molar-refractivity contribution in [3.05, 3.63) is 0 Å². The Labute approximate surface area is 228 Å². The highest BCUT2D eigenvalue weighted by atomic mass is 16.7. The van der Waals surface area contributed by atoms with E-state index in [-0.39, 0.29) is 6.73 Å². The van der Waals surface area contributed by atoms with Crippen molar-refractivity contribution in [2.75, 3.05) is 40.2 Å². The van der Waals surface area contributed by atoms with E-state index in [1.54, 1.807) is 0 Å². The van der Waals surface area contributed by atoms with Crippen molar-refractivity contribution in [1.29, 1.82) is 0 Å². The lowest BCUT2D eigenvalue weighted by molar-refractivity contribution is -0.365. The summed E-state index contributed by atoms with van der Waals surface area (Å²) in [5.74, 6) is 0. The van der Waals surface area contributed by atoms with Gasteiger partial charge in [0, 0.05) is 7.05 Å². The molecule has 15 atom stereocenters. The number of hydrazine groups is 1. The predicted molar refractivity (Wildman–Crippen MR) is 123 cm³/mol. The Morgan fingerprint density at radius 3 is 1.68 bits per heavy atom. The molecule has 0 saturated carbocycles. The molecule has 12 N–H and O–H groups in total. The van der Waals surface area contributed by atoms with Crippen molar-refractivity contribution in [2.24, 2.45) is 0 Å². The van der Waals surface area contributed by atoms with Crippen LogP contribution in [0.25, 0.3) is 0 Å². The number of hydrogen-bond acceptors (Lipinski definition) is 19. The summed E-state index contributed by atoms with van der Waals surface area (Å²) in [4.78, 5) is 0. The van der Waals surface area contributed by atoms with Crippen LogP contribution in [0, 0.1) is 0 Å². The minimum atomic E-state index is -1.83. The van der Waals surface area contributed by atoms with E-state index < -0.39 is 118 Å². The van der Waals surface area contributed by atoms with Crippen molar-refractivity contribution in [2.45, 2.75) is 91.9 Å². The molecule has 0 aromatic heterocycles. The quantitative estimate of drug-likeness (QED) is 0.0739. The number of nitrogens with zero attached hydrogens (tertiary/aromatic N) is 1. The van der Waals surface area contributed by atoms with Gasteiger partial charge in [0.05, 0.1) is 26.4 Å². The highest BCUT2D eigenvalue weighted by Crippen LogP contribution is 2.31. The fraction of sp³-hybridized carbons (Fsp3) is 1.00. The van der Waals surface area contributed by atoms with Crippen LogP contribution in [0.1, 0.15) is 0 Å². The lowest BCUT2D eigenvalue weighted by atomic mass is 9.95. The molecule has 0 aromatic rings. The average Bonchev–Trinajstić information content (AvgIpc) is 2.92. The monoisotopic (exact) mass is 592 g/mol. The molecule has 0 amide bonds. The Kier molecular flexibility index (Phi) is 12.7. The fourth-order valence-electron chi connectivity index (χ4n) is 4.60. The number of nitrogens with one attached hydrogen (secondary N) is 1. The molecule has 3 aliphatic heterocycles. The third-order valence-electron chi connectivity index (χ3n) is 6.92. The number of rotatable bonds is 12. The van der Waals surface area contributed by atoms with Gasteiger partial charge < -0.3 is 79.5 Å². The highest BCUT2D eigenvalue weighted by molar-refractivity contribution is 4.96. The van der Waals surface area contributed by atoms with Gasteiger partial charge in [0.1, 0.15) is 86.1 Å². The van der Waals surface area contributed by atoms with E-state index in [0.29, 0.717) is 5.17 Å². The van der Waals surface area contributed by atoms with Gasteiger partial charge in [-0.2, -0.15) is 0 Å². The zero-order chi connectivity index (χ0) is 29.7. The normalized spacial score (nSPS) is 46.6. The van der Waals surface area contributed by atoms with Crippen LogP contribution in [-0.4, -0.2) is 194 Å². The fourth-order valence-corrected chi connectivity index (χ4v) is 4.60. The van der Waals surface area contributed by atoms with Crippen LogP contribution in [0.15, 0.2) is 0 Å². The maximum Gasteiger partial charge on any atom is 0.188 e. The molecule has 3 heterocycles. The third-order valence-corrected chi connectivity index (χ3v) is 6.92. The molecular formula is C21H40N2O17. The summed E-state index contributed by atoms with van der Waals surface area (Å²) in [6.07, 6.45) is -23.5. The first-order valence-electron chi connectivity index (χ1n) is 12.5. The minimum Gasteiger partial charge on any atom is -0.394 e. The van der Waals surface area contributed by atoms with Crippen LogP contribution in [0.5, 0.6) is 0 Å². The Hall–Kier alpha value is -0.760. The van der Waals surface area contributed by atoms with E-state index in [1.807, 2.05) is 0 Å². The zero-order valence-corrected chi connectivity index (χ0v) is 21.5. The van der Waals surface area contributed by atoms with Crippen LogP contribution in [0.2, 0.25) is 0 Å². The lowest BCUT2D eigenvalue weighted by Gasteiger charge is -2.47. The van der Waals surface area contributed by atoms with Gasteiger partial charge >= 0.3 is 0 Å². The van der Waals surface area contributed by atoms with Gasteiger partial charge in [0.2, 0.25) is 0 Å². The van der Waals surface area contributed by atoms with E-state index in [4.69, 9.17) is 33.6 Å². The molecule has 0 bridgehead atoms. The zero-order valence-electron chi connectivity index (χ0n) is 21.5. The molecule has 0 unspecified atom stereocenters. The Morgan fingerprint density at radius 2 is 1.10 bits per heavy atom. The molecule has 19 nitrogen and oxygen atoms in total. The van der Waals surface area contributed by atoms with Gasteiger partial charge in [-0.25, -0.2) is 5.43 Å². The molecule has 0 radical (unpaired) electrons. The summed E-state index contributed by atoms with van der Waals surface area (Å²) in [7, 11) is 1.25. The number of hydroxylamine groups is 1. The van der Waals surface area contributed by atoms with Gasteiger partial charge in [0.25, 0.3) is 0 Å². The van der Waals surface area contributed by atoms with Crippen LogP contribution in [0.4, 0.5) is 0 Å². The van der Waals surface area contributed by atoms with E-state index >= 15 is 0 Å². The first-order valence-corrected chi connectivity index (χ1v) is 12.5. The number of hydrogen-bond donors (Lipinski definition) is 12. The van der Waals surface area contributed by atoms with Gasteiger partial charge in [-0.15, -0.1) is 5.17 Å². The standard InChI is InChI=1S/C21H40N2O17/c1-23(34)22-6-36-20-17(33)19(14(30)9(4-26)38-20)40-21-16(32)18(13(29)8(3-25)39-21)35-5-10-12(28)15(31)11(27)7(2-24)37-10/h7-22,24-34H,2-6H2,1H3/t7-,8-,9-,10+,11-,12+,13-,14-,15+,16-,17-,18+,19+,20+,21+/m1/s1. The first-order chi connectivity index (χ1) is 18.9. The number of aliphatic hydroxyl groups excluding tert-OH is 10. The molecule has 3 fully saturated rings. The van der Waals surface area contributed by atoms with Crippen LogP contribution in [0.3, 0.4) is 0 Å². The smallest absolute Gasteiger partial charge is 0.188 e. The molecule has 19 heteroatoms. The Morgan fingerprint density at radius 1 is 0.600 bits per heavy atom. The maximum absolute atomic E-state index is 10.9. The van der Waals surface area contributed by atoms with E-state index in [1.165, 1.54) is 7.05 Å². The van der Waals surface area contributed by atoms with Gasteiger partial charge in [0.15, 0.2) is 12.6 Å². The van der Waals surface area contributed by atoms with Crippen LogP contribution in [-0.2, 0) is 28.4 Å². The third kappa shape index (κ3) is 7.60. The summed E-state index contributed by atoms with van der Waals surface area (Å²) < 4.78 is 32.6. The Balaban J connectivity index is 1.71.